The van der Waals surface area contributed by atoms with Crippen molar-refractivity contribution in [2.75, 3.05) is 5.32 Å². The van der Waals surface area contributed by atoms with E-state index < -0.39 is 17.8 Å². The van der Waals surface area contributed by atoms with Crippen molar-refractivity contribution in [3.8, 4) is 0 Å². The van der Waals surface area contributed by atoms with E-state index in [4.69, 9.17) is 16.3 Å². The maximum Gasteiger partial charge on any atom is 0.337 e. The Balaban J connectivity index is 2.08. The van der Waals surface area contributed by atoms with Crippen LogP contribution in [0.25, 0.3) is 0 Å². The molecule has 0 aromatic heterocycles. The molecule has 2 rings (SSSR count). The molecule has 0 aliphatic rings. The number of ether oxygens (including phenoxy) is 1. The molecular weight excluding hydrogens is 358 g/mol. The number of anilines is 1. The smallest absolute Gasteiger partial charge is 0.337 e. The maximum atomic E-state index is 12.3. The van der Waals surface area contributed by atoms with E-state index in [0.717, 1.165) is 0 Å². The molecule has 0 bridgehead atoms. The predicted octanol–water partition coefficient (Wildman–Crippen LogP) is 3.91. The Morgan fingerprint density at radius 1 is 1.15 bits per heavy atom. The van der Waals surface area contributed by atoms with Gasteiger partial charge in [0.25, 0.3) is 5.91 Å². The zero-order valence-corrected chi connectivity index (χ0v) is 14.7. The van der Waals surface area contributed by atoms with E-state index >= 15 is 0 Å². The summed E-state index contributed by atoms with van der Waals surface area (Å²) in [6, 6.07) is 10.6. The summed E-state index contributed by atoms with van der Waals surface area (Å²) >= 11 is 5.79. The van der Waals surface area contributed by atoms with Gasteiger partial charge in [-0.15, -0.1) is 0 Å². The van der Waals surface area contributed by atoms with Gasteiger partial charge in [-0.3, -0.25) is 4.79 Å². The largest absolute Gasteiger partial charge is 0.478 e. The lowest BCUT2D eigenvalue weighted by atomic mass is 10.1. The highest BCUT2D eigenvalue weighted by Crippen LogP contribution is 2.21. The fraction of sp³-hybridized carbons (Fsp3) is 0.105. The number of nitrogens with one attached hydrogen (secondary N) is 1. The lowest BCUT2D eigenvalue weighted by Crippen LogP contribution is -2.15. The summed E-state index contributed by atoms with van der Waals surface area (Å²) in [7, 11) is 0. The molecule has 0 saturated heterocycles. The number of hydrogen-bond acceptors (Lipinski definition) is 4. The molecule has 6 nitrogen and oxygen atoms in total. The van der Waals surface area contributed by atoms with Gasteiger partial charge in [-0.2, -0.15) is 0 Å². The summed E-state index contributed by atoms with van der Waals surface area (Å²) in [5, 5.41) is 12.0. The second-order valence-electron chi connectivity index (χ2n) is 5.50. The van der Waals surface area contributed by atoms with Gasteiger partial charge in [-0.25, -0.2) is 9.59 Å². The van der Waals surface area contributed by atoms with Crippen molar-refractivity contribution in [3.63, 3.8) is 0 Å². The molecule has 2 aromatic rings. The van der Waals surface area contributed by atoms with Crippen molar-refractivity contribution in [1.29, 1.82) is 0 Å². The van der Waals surface area contributed by atoms with E-state index in [-0.39, 0.29) is 22.9 Å². The Labute approximate surface area is 155 Å². The SMILES string of the molecule is C=C(C)C(=O)OCc1ccc(C(=O)Nc2ccc(Cl)cc2C(=O)O)cc1. The number of halogens is 1. The molecule has 7 heteroatoms. The third-order valence-electron chi connectivity index (χ3n) is 3.39. The average molecular weight is 374 g/mol. The first-order valence-electron chi connectivity index (χ1n) is 7.53. The summed E-state index contributed by atoms with van der Waals surface area (Å²) in [4.78, 5) is 34.9. The molecule has 0 atom stereocenters. The third kappa shape index (κ3) is 4.94. The molecule has 0 fully saturated rings. The van der Waals surface area contributed by atoms with Crippen molar-refractivity contribution >= 4 is 35.1 Å². The lowest BCUT2D eigenvalue weighted by Gasteiger charge is -2.10. The van der Waals surface area contributed by atoms with Crippen LogP contribution in [-0.4, -0.2) is 23.0 Å². The highest BCUT2D eigenvalue weighted by atomic mass is 35.5. The first-order valence-corrected chi connectivity index (χ1v) is 7.91. The average Bonchev–Trinajstić information content (AvgIpc) is 2.61. The summed E-state index contributed by atoms with van der Waals surface area (Å²) in [5.41, 5.74) is 1.37. The minimum absolute atomic E-state index is 0.0634. The topological polar surface area (TPSA) is 92.7 Å². The molecule has 1 amide bonds. The first-order chi connectivity index (χ1) is 12.3. The van der Waals surface area contributed by atoms with Gasteiger partial charge in [-0.05, 0) is 42.8 Å². The Kier molecular flexibility index (Phi) is 6.14. The minimum Gasteiger partial charge on any atom is -0.478 e. The standard InChI is InChI=1S/C19H16ClNO5/c1-11(2)19(25)26-10-12-3-5-13(6-4-12)17(22)21-16-8-7-14(20)9-15(16)18(23)24/h3-9H,1,10H2,2H3,(H,21,22)(H,23,24). The zero-order chi connectivity index (χ0) is 19.3. The number of hydrogen-bond donors (Lipinski definition) is 2. The van der Waals surface area contributed by atoms with Gasteiger partial charge in [-0.1, -0.05) is 30.3 Å². The fourth-order valence-electron chi connectivity index (χ4n) is 2.02. The Morgan fingerprint density at radius 2 is 1.81 bits per heavy atom. The van der Waals surface area contributed by atoms with Crippen molar-refractivity contribution in [3.05, 3.63) is 76.3 Å². The number of benzene rings is 2. The maximum absolute atomic E-state index is 12.3. The number of carboxylic acid groups (broad SMARTS) is 1. The van der Waals surface area contributed by atoms with E-state index in [1.54, 1.807) is 31.2 Å². The van der Waals surface area contributed by atoms with Crippen molar-refractivity contribution in [2.45, 2.75) is 13.5 Å². The minimum atomic E-state index is -1.20. The Morgan fingerprint density at radius 3 is 2.38 bits per heavy atom. The summed E-state index contributed by atoms with van der Waals surface area (Å²) in [6.07, 6.45) is 0. The Hall–Kier alpha value is -3.12. The number of carbonyl (C=O) groups excluding carboxylic acids is 2. The van der Waals surface area contributed by atoms with E-state index in [0.29, 0.717) is 16.7 Å². The van der Waals surface area contributed by atoms with Crippen LogP contribution in [0.1, 0.15) is 33.2 Å². The van der Waals surface area contributed by atoms with Gasteiger partial charge in [0.2, 0.25) is 0 Å². The summed E-state index contributed by atoms with van der Waals surface area (Å²) in [5.74, 6) is -2.16. The number of carbonyl (C=O) groups is 3. The van der Waals surface area contributed by atoms with E-state index in [1.165, 1.54) is 18.2 Å². The van der Waals surface area contributed by atoms with Crippen LogP contribution in [-0.2, 0) is 16.1 Å². The molecule has 2 aromatic carbocycles. The molecule has 0 spiro atoms. The normalized spacial score (nSPS) is 10.1. The van der Waals surface area contributed by atoms with E-state index in [2.05, 4.69) is 11.9 Å². The van der Waals surface area contributed by atoms with E-state index in [1.807, 2.05) is 0 Å². The number of rotatable bonds is 6. The monoisotopic (exact) mass is 373 g/mol. The van der Waals surface area contributed by atoms with Gasteiger partial charge in [0.1, 0.15) is 6.61 Å². The Bertz CT molecular complexity index is 874. The zero-order valence-electron chi connectivity index (χ0n) is 13.9. The van der Waals surface area contributed by atoms with Crippen molar-refractivity contribution < 1.29 is 24.2 Å². The van der Waals surface area contributed by atoms with Gasteiger partial charge in [0.05, 0.1) is 11.3 Å². The molecule has 0 aliphatic heterocycles. The molecule has 0 unspecified atom stereocenters. The molecule has 2 N–H and O–H groups in total. The third-order valence-corrected chi connectivity index (χ3v) is 3.63. The first kappa shape index (κ1) is 19.2. The van der Waals surface area contributed by atoms with Gasteiger partial charge in [0, 0.05) is 16.2 Å². The molecular formula is C19H16ClNO5. The molecule has 134 valence electrons. The van der Waals surface area contributed by atoms with Crippen LogP contribution in [0.5, 0.6) is 0 Å². The quantitative estimate of drug-likeness (QED) is 0.591. The molecule has 0 saturated carbocycles. The second-order valence-corrected chi connectivity index (χ2v) is 5.94. The summed E-state index contributed by atoms with van der Waals surface area (Å²) < 4.78 is 5.02. The number of carboxylic acids is 1. The number of esters is 1. The van der Waals surface area contributed by atoms with Crippen molar-refractivity contribution in [2.24, 2.45) is 0 Å². The predicted molar refractivity (Wildman–Crippen MR) is 97.4 cm³/mol. The van der Waals surface area contributed by atoms with Crippen molar-refractivity contribution in [1.82, 2.24) is 0 Å². The molecule has 0 aliphatic carbocycles. The number of amides is 1. The van der Waals surface area contributed by atoms with Gasteiger partial charge >= 0.3 is 11.9 Å². The van der Waals surface area contributed by atoms with Crippen LogP contribution in [0.4, 0.5) is 5.69 Å². The van der Waals surface area contributed by atoms with Crippen LogP contribution >= 0.6 is 11.6 Å². The highest BCUT2D eigenvalue weighted by Gasteiger charge is 2.14. The van der Waals surface area contributed by atoms with Gasteiger partial charge < -0.3 is 15.2 Å². The van der Waals surface area contributed by atoms with Crippen LogP contribution in [0, 0.1) is 0 Å². The molecule has 0 heterocycles. The van der Waals surface area contributed by atoms with Gasteiger partial charge in [0.15, 0.2) is 0 Å². The van der Waals surface area contributed by atoms with Crippen LogP contribution < -0.4 is 5.32 Å². The molecule has 26 heavy (non-hydrogen) atoms. The number of aromatic carboxylic acids is 1. The highest BCUT2D eigenvalue weighted by molar-refractivity contribution is 6.31. The molecule has 0 radical (unpaired) electrons. The second kappa shape index (κ2) is 8.31. The lowest BCUT2D eigenvalue weighted by molar-refractivity contribution is -0.140. The van der Waals surface area contributed by atoms with E-state index in [9.17, 15) is 19.5 Å². The fourth-order valence-corrected chi connectivity index (χ4v) is 2.19. The van der Waals surface area contributed by atoms with Crippen LogP contribution in [0.3, 0.4) is 0 Å². The summed E-state index contributed by atoms with van der Waals surface area (Å²) in [6.45, 7) is 5.11. The van der Waals surface area contributed by atoms with Crippen LogP contribution in [0.2, 0.25) is 5.02 Å². The van der Waals surface area contributed by atoms with Crippen LogP contribution in [0.15, 0.2) is 54.6 Å².